The average molecular weight is 631 g/mol. The first-order chi connectivity index (χ1) is 22.3. The summed E-state index contributed by atoms with van der Waals surface area (Å²) in [6.07, 6.45) is 8.89. The van der Waals surface area contributed by atoms with E-state index in [1.165, 1.54) is 0 Å². The number of carbonyl (C=O) groups is 2. The number of esters is 1. The van der Waals surface area contributed by atoms with Gasteiger partial charge in [-0.15, -0.1) is 5.11 Å². The molecular weight excluding hydrogens is 580 g/mol. The third-order valence-corrected chi connectivity index (χ3v) is 8.42. The van der Waals surface area contributed by atoms with Crippen molar-refractivity contribution in [3.05, 3.63) is 76.1 Å². The van der Waals surface area contributed by atoms with Gasteiger partial charge in [0.2, 0.25) is 5.88 Å². The summed E-state index contributed by atoms with van der Waals surface area (Å²) in [7, 11) is 0. The van der Waals surface area contributed by atoms with Gasteiger partial charge in [-0.05, 0) is 61.4 Å². The minimum Gasteiger partial charge on any atom is -0.494 e. The lowest BCUT2D eigenvalue weighted by atomic mass is 9.95. The highest BCUT2D eigenvalue weighted by Crippen LogP contribution is 2.36. The summed E-state index contributed by atoms with van der Waals surface area (Å²) < 4.78 is 5.15. The number of H-pyrrole nitrogens is 1. The standard InChI is InChI=1S/C37H50N4O5/c1-6-11-16-26(8-3)24-41(25-27(9-4)17-12-7-2)36(44)29-20-22-30(23-21-29)39-40-33-31(28-18-14-13-15-19-28)32(37(45)46-10-5)34(42)38-35(33)43/h13-15,18-23,26-27H,6-12,16-17,24-25H2,1-5H3,(H2,38,42,43). The van der Waals surface area contributed by atoms with E-state index in [2.05, 4.69) is 42.9 Å². The van der Waals surface area contributed by atoms with Gasteiger partial charge in [-0.1, -0.05) is 96.6 Å². The number of unbranched alkanes of at least 4 members (excludes halogenated alkanes) is 2. The molecule has 0 aliphatic carbocycles. The lowest BCUT2D eigenvalue weighted by Crippen LogP contribution is -2.39. The van der Waals surface area contributed by atoms with Crippen LogP contribution in [0.2, 0.25) is 0 Å². The van der Waals surface area contributed by atoms with Crippen LogP contribution in [-0.4, -0.2) is 46.6 Å². The van der Waals surface area contributed by atoms with Gasteiger partial charge >= 0.3 is 5.97 Å². The number of nitrogens with one attached hydrogen (secondary N) is 1. The Morgan fingerprint density at radius 3 is 1.96 bits per heavy atom. The van der Waals surface area contributed by atoms with Crippen molar-refractivity contribution in [2.45, 2.75) is 86.0 Å². The second kappa shape index (κ2) is 18.6. The van der Waals surface area contributed by atoms with Gasteiger partial charge < -0.3 is 14.7 Å². The lowest BCUT2D eigenvalue weighted by Gasteiger charge is -2.31. The molecule has 9 heteroatoms. The Kier molecular flexibility index (Phi) is 14.7. The minimum atomic E-state index is -0.793. The van der Waals surface area contributed by atoms with Crippen LogP contribution in [0, 0.1) is 11.8 Å². The summed E-state index contributed by atoms with van der Waals surface area (Å²) in [4.78, 5) is 44.0. The predicted octanol–water partition coefficient (Wildman–Crippen LogP) is 9.21. The van der Waals surface area contributed by atoms with Crippen LogP contribution >= 0.6 is 0 Å². The number of hydrogen-bond acceptors (Lipinski definition) is 7. The molecule has 3 aromatic rings. The fraction of sp³-hybridized carbons (Fsp3) is 0.486. The number of aromatic nitrogens is 1. The second-order valence-electron chi connectivity index (χ2n) is 11.8. The van der Waals surface area contributed by atoms with Gasteiger partial charge in [0.05, 0.1) is 12.3 Å². The highest BCUT2D eigenvalue weighted by atomic mass is 16.5. The molecule has 2 unspecified atom stereocenters. The zero-order valence-electron chi connectivity index (χ0n) is 28.1. The van der Waals surface area contributed by atoms with E-state index < -0.39 is 17.4 Å². The third kappa shape index (κ3) is 9.86. The van der Waals surface area contributed by atoms with Gasteiger partial charge in [-0.2, -0.15) is 5.11 Å². The fourth-order valence-electron chi connectivity index (χ4n) is 5.62. The summed E-state index contributed by atoms with van der Waals surface area (Å²) in [5.41, 5.74) is 0.564. The van der Waals surface area contributed by atoms with Crippen molar-refractivity contribution in [2.75, 3.05) is 19.7 Å². The normalized spacial score (nSPS) is 12.6. The zero-order chi connectivity index (χ0) is 33.5. The molecule has 0 aliphatic rings. The SMILES string of the molecule is CCCCC(CC)CN(CC(CC)CCCC)C(=O)c1ccc(N=Nc2c(-c3ccccc3)c(C(=O)OCC)c(O)[nH]c2=O)cc1. The summed E-state index contributed by atoms with van der Waals surface area (Å²) in [6, 6.07) is 15.6. The quantitative estimate of drug-likeness (QED) is 0.107. The fourth-order valence-corrected chi connectivity index (χ4v) is 5.62. The molecule has 2 N–H and O–H groups in total. The summed E-state index contributed by atoms with van der Waals surface area (Å²) >= 11 is 0. The molecule has 0 spiro atoms. The molecule has 0 bridgehead atoms. The van der Waals surface area contributed by atoms with E-state index in [0.29, 0.717) is 28.7 Å². The molecule has 248 valence electrons. The van der Waals surface area contributed by atoms with Gasteiger partial charge in [0.25, 0.3) is 11.5 Å². The average Bonchev–Trinajstić information content (AvgIpc) is 3.07. The zero-order valence-corrected chi connectivity index (χ0v) is 28.1. The van der Waals surface area contributed by atoms with E-state index in [-0.39, 0.29) is 29.3 Å². The maximum absolute atomic E-state index is 13.9. The van der Waals surface area contributed by atoms with Gasteiger partial charge in [0, 0.05) is 24.2 Å². The Balaban J connectivity index is 1.94. The van der Waals surface area contributed by atoms with Gasteiger partial charge in [0.15, 0.2) is 5.69 Å². The molecule has 0 saturated heterocycles. The second-order valence-corrected chi connectivity index (χ2v) is 11.8. The van der Waals surface area contributed by atoms with Crippen molar-refractivity contribution in [3.63, 3.8) is 0 Å². The van der Waals surface area contributed by atoms with E-state index in [1.54, 1.807) is 61.5 Å². The number of azo groups is 1. The number of hydrogen-bond donors (Lipinski definition) is 2. The highest BCUT2D eigenvalue weighted by Gasteiger charge is 2.26. The number of amides is 1. The lowest BCUT2D eigenvalue weighted by molar-refractivity contribution is 0.0522. The Morgan fingerprint density at radius 1 is 0.848 bits per heavy atom. The van der Waals surface area contributed by atoms with Crippen molar-refractivity contribution in [1.29, 1.82) is 0 Å². The van der Waals surface area contributed by atoms with E-state index in [0.717, 1.165) is 64.5 Å². The molecule has 0 radical (unpaired) electrons. The van der Waals surface area contributed by atoms with E-state index in [4.69, 9.17) is 4.74 Å². The van der Waals surface area contributed by atoms with Gasteiger partial charge in [0.1, 0.15) is 5.56 Å². The van der Waals surface area contributed by atoms with Crippen molar-refractivity contribution < 1.29 is 19.4 Å². The van der Waals surface area contributed by atoms with Crippen LogP contribution in [0.3, 0.4) is 0 Å². The highest BCUT2D eigenvalue weighted by molar-refractivity contribution is 6.02. The largest absolute Gasteiger partial charge is 0.494 e. The number of benzene rings is 2. The van der Waals surface area contributed by atoms with Crippen LogP contribution in [-0.2, 0) is 4.74 Å². The molecule has 3 rings (SSSR count). The van der Waals surface area contributed by atoms with E-state index >= 15 is 0 Å². The molecule has 1 heterocycles. The van der Waals surface area contributed by atoms with Crippen LogP contribution < -0.4 is 5.56 Å². The maximum Gasteiger partial charge on any atom is 0.344 e. The first-order valence-electron chi connectivity index (χ1n) is 16.8. The molecule has 2 atom stereocenters. The van der Waals surface area contributed by atoms with Gasteiger partial charge in [-0.25, -0.2) is 4.79 Å². The molecule has 2 aromatic carbocycles. The maximum atomic E-state index is 13.9. The van der Waals surface area contributed by atoms with E-state index in [1.807, 2.05) is 4.90 Å². The molecule has 0 aliphatic heterocycles. The van der Waals surface area contributed by atoms with Crippen LogP contribution in [0.15, 0.2) is 69.6 Å². The number of rotatable bonds is 18. The number of nitrogens with zero attached hydrogens (tertiary/aromatic N) is 3. The number of ether oxygens (including phenoxy) is 1. The smallest absolute Gasteiger partial charge is 0.344 e. The Bertz CT molecular complexity index is 1470. The van der Waals surface area contributed by atoms with Crippen molar-refractivity contribution >= 4 is 23.3 Å². The molecule has 0 fully saturated rings. The summed E-state index contributed by atoms with van der Waals surface area (Å²) in [5, 5.41) is 19.0. The number of aromatic amines is 1. The number of pyridine rings is 1. The van der Waals surface area contributed by atoms with Crippen LogP contribution in [0.1, 0.15) is 107 Å². The molecule has 0 saturated carbocycles. The minimum absolute atomic E-state index is 0.00815. The van der Waals surface area contributed by atoms with Crippen LogP contribution in [0.25, 0.3) is 11.1 Å². The monoisotopic (exact) mass is 630 g/mol. The number of aromatic hydroxyl groups is 1. The molecule has 1 amide bonds. The van der Waals surface area contributed by atoms with E-state index in [9.17, 15) is 19.5 Å². The van der Waals surface area contributed by atoms with Crippen LogP contribution in [0.4, 0.5) is 11.4 Å². The summed E-state index contributed by atoms with van der Waals surface area (Å²) in [6.45, 7) is 12.0. The first kappa shape index (κ1) is 36.2. The Hall–Kier alpha value is -4.27. The predicted molar refractivity (Wildman–Crippen MR) is 183 cm³/mol. The molecule has 9 nitrogen and oxygen atoms in total. The number of carbonyl (C=O) groups excluding carboxylic acids is 2. The van der Waals surface area contributed by atoms with Crippen molar-refractivity contribution in [1.82, 2.24) is 9.88 Å². The Labute approximate surface area is 273 Å². The molecular formula is C37H50N4O5. The third-order valence-electron chi connectivity index (χ3n) is 8.42. The van der Waals surface area contributed by atoms with Gasteiger partial charge in [-0.3, -0.25) is 14.6 Å². The molecule has 1 aromatic heterocycles. The summed E-state index contributed by atoms with van der Waals surface area (Å²) in [5.74, 6) is -0.466. The topological polar surface area (TPSA) is 124 Å². The van der Waals surface area contributed by atoms with Crippen LogP contribution in [0.5, 0.6) is 5.88 Å². The molecule has 46 heavy (non-hydrogen) atoms. The first-order valence-corrected chi connectivity index (χ1v) is 16.8. The van der Waals surface area contributed by atoms with Crippen molar-refractivity contribution in [2.24, 2.45) is 22.1 Å². The Morgan fingerprint density at radius 2 is 1.43 bits per heavy atom. The van der Waals surface area contributed by atoms with Crippen molar-refractivity contribution in [3.8, 4) is 17.0 Å².